The molecule has 0 bridgehead atoms. The van der Waals surface area contributed by atoms with Crippen molar-refractivity contribution in [2.45, 2.75) is 39.3 Å². The third-order valence-electron chi connectivity index (χ3n) is 4.00. The minimum absolute atomic E-state index is 0.133. The van der Waals surface area contributed by atoms with Crippen molar-refractivity contribution in [3.8, 4) is 0 Å². The van der Waals surface area contributed by atoms with Gasteiger partial charge < -0.3 is 5.32 Å². The first kappa shape index (κ1) is 14.5. The van der Waals surface area contributed by atoms with Crippen LogP contribution >= 0.6 is 0 Å². The highest BCUT2D eigenvalue weighted by atomic mass is 19.1. The molecule has 0 aromatic heterocycles. The van der Waals surface area contributed by atoms with Crippen molar-refractivity contribution in [3.63, 3.8) is 0 Å². The number of rotatable bonds is 4. The number of piperazine rings is 1. The van der Waals surface area contributed by atoms with Crippen LogP contribution in [0.4, 0.5) is 4.39 Å². The first-order valence-electron chi connectivity index (χ1n) is 7.28. The zero-order valence-corrected chi connectivity index (χ0v) is 12.2. The lowest BCUT2D eigenvalue weighted by atomic mass is 9.98. The first-order chi connectivity index (χ1) is 9.06. The van der Waals surface area contributed by atoms with Crippen LogP contribution in [0.1, 0.15) is 26.3 Å². The molecule has 1 heterocycles. The van der Waals surface area contributed by atoms with Gasteiger partial charge in [-0.3, -0.25) is 4.90 Å². The molecule has 0 saturated carbocycles. The second-order valence-corrected chi connectivity index (χ2v) is 6.00. The Balaban J connectivity index is 1.95. The largest absolute Gasteiger partial charge is 0.311 e. The van der Waals surface area contributed by atoms with E-state index in [0.717, 1.165) is 31.6 Å². The summed E-state index contributed by atoms with van der Waals surface area (Å²) >= 11 is 0. The van der Waals surface area contributed by atoms with Gasteiger partial charge in [0, 0.05) is 31.7 Å². The van der Waals surface area contributed by atoms with Gasteiger partial charge in [-0.15, -0.1) is 0 Å². The molecule has 19 heavy (non-hydrogen) atoms. The van der Waals surface area contributed by atoms with Gasteiger partial charge in [0.1, 0.15) is 5.82 Å². The van der Waals surface area contributed by atoms with Crippen molar-refractivity contribution in [3.05, 3.63) is 35.6 Å². The van der Waals surface area contributed by atoms with E-state index in [4.69, 9.17) is 0 Å². The Hall–Kier alpha value is -0.930. The highest BCUT2D eigenvalue weighted by molar-refractivity contribution is 5.16. The van der Waals surface area contributed by atoms with Crippen LogP contribution in [-0.2, 0) is 6.42 Å². The summed E-state index contributed by atoms with van der Waals surface area (Å²) < 4.78 is 13.2. The van der Waals surface area contributed by atoms with Crippen LogP contribution in [0.2, 0.25) is 0 Å². The fourth-order valence-electron chi connectivity index (χ4n) is 2.88. The monoisotopic (exact) mass is 264 g/mol. The van der Waals surface area contributed by atoms with Crippen molar-refractivity contribution in [1.29, 1.82) is 0 Å². The van der Waals surface area contributed by atoms with E-state index in [1.54, 1.807) is 12.1 Å². The Morgan fingerprint density at radius 3 is 2.89 bits per heavy atom. The van der Waals surface area contributed by atoms with E-state index in [0.29, 0.717) is 18.0 Å². The summed E-state index contributed by atoms with van der Waals surface area (Å²) in [5.74, 6) is 0.513. The van der Waals surface area contributed by atoms with Crippen LogP contribution < -0.4 is 5.32 Å². The van der Waals surface area contributed by atoms with Crippen LogP contribution in [-0.4, -0.2) is 36.6 Å². The summed E-state index contributed by atoms with van der Waals surface area (Å²) in [6, 6.07) is 8.10. The van der Waals surface area contributed by atoms with Crippen LogP contribution in [0.5, 0.6) is 0 Å². The maximum atomic E-state index is 13.2. The van der Waals surface area contributed by atoms with Crippen LogP contribution in [0.25, 0.3) is 0 Å². The summed E-state index contributed by atoms with van der Waals surface area (Å²) in [5.41, 5.74) is 1.09. The van der Waals surface area contributed by atoms with E-state index in [-0.39, 0.29) is 5.82 Å². The maximum Gasteiger partial charge on any atom is 0.123 e. The molecule has 2 rings (SSSR count). The Bertz CT molecular complexity index is 405. The van der Waals surface area contributed by atoms with Gasteiger partial charge in [0.2, 0.25) is 0 Å². The third kappa shape index (κ3) is 4.02. The van der Waals surface area contributed by atoms with E-state index >= 15 is 0 Å². The Kier molecular flexibility index (Phi) is 4.94. The van der Waals surface area contributed by atoms with Gasteiger partial charge in [-0.2, -0.15) is 0 Å². The lowest BCUT2D eigenvalue weighted by Gasteiger charge is -2.41. The molecule has 1 fully saturated rings. The molecule has 2 nitrogen and oxygen atoms in total. The summed E-state index contributed by atoms with van der Waals surface area (Å²) in [5, 5.41) is 3.55. The van der Waals surface area contributed by atoms with E-state index < -0.39 is 0 Å². The third-order valence-corrected chi connectivity index (χ3v) is 4.00. The summed E-state index contributed by atoms with van der Waals surface area (Å²) in [6.45, 7) is 9.93. The van der Waals surface area contributed by atoms with Gasteiger partial charge in [-0.25, -0.2) is 4.39 Å². The summed E-state index contributed by atoms with van der Waals surface area (Å²) in [6.07, 6.45) is 0.924. The van der Waals surface area contributed by atoms with Crippen LogP contribution in [0.15, 0.2) is 24.3 Å². The van der Waals surface area contributed by atoms with Gasteiger partial charge in [0.05, 0.1) is 0 Å². The van der Waals surface area contributed by atoms with Gasteiger partial charge in [0.25, 0.3) is 0 Å². The molecule has 1 aliphatic heterocycles. The zero-order chi connectivity index (χ0) is 13.8. The maximum absolute atomic E-state index is 13.2. The number of benzene rings is 1. The average molecular weight is 264 g/mol. The smallest absolute Gasteiger partial charge is 0.123 e. The van der Waals surface area contributed by atoms with Gasteiger partial charge in [0.15, 0.2) is 0 Å². The van der Waals surface area contributed by atoms with Crippen LogP contribution in [0, 0.1) is 11.7 Å². The normalized spacial score (nSPS) is 24.9. The van der Waals surface area contributed by atoms with E-state index in [2.05, 4.69) is 31.0 Å². The van der Waals surface area contributed by atoms with Gasteiger partial charge >= 0.3 is 0 Å². The molecule has 3 heteroatoms. The number of nitrogens with one attached hydrogen (secondary N) is 1. The van der Waals surface area contributed by atoms with E-state index in [9.17, 15) is 4.39 Å². The van der Waals surface area contributed by atoms with E-state index in [1.807, 2.05) is 6.07 Å². The Morgan fingerprint density at radius 1 is 1.42 bits per heavy atom. The van der Waals surface area contributed by atoms with Crippen molar-refractivity contribution in [1.82, 2.24) is 10.2 Å². The minimum atomic E-state index is -0.133. The molecular weight excluding hydrogens is 239 g/mol. The number of hydrogen-bond acceptors (Lipinski definition) is 2. The molecule has 1 N–H and O–H groups in total. The molecule has 1 aromatic carbocycles. The van der Waals surface area contributed by atoms with Gasteiger partial charge in [-0.1, -0.05) is 26.0 Å². The lowest BCUT2D eigenvalue weighted by molar-refractivity contribution is 0.104. The first-order valence-corrected chi connectivity index (χ1v) is 7.28. The molecule has 0 amide bonds. The lowest BCUT2D eigenvalue weighted by Crippen LogP contribution is -2.57. The minimum Gasteiger partial charge on any atom is -0.311 e. The fraction of sp³-hybridized carbons (Fsp3) is 0.625. The van der Waals surface area contributed by atoms with E-state index in [1.165, 1.54) is 6.07 Å². The van der Waals surface area contributed by atoms with Crippen molar-refractivity contribution in [2.75, 3.05) is 19.6 Å². The fourth-order valence-corrected chi connectivity index (χ4v) is 2.88. The molecule has 106 valence electrons. The SMILES string of the molecule is CC1CN(CCc2cccc(F)c2)C(C(C)C)CN1. The topological polar surface area (TPSA) is 15.3 Å². The zero-order valence-electron chi connectivity index (χ0n) is 12.2. The van der Waals surface area contributed by atoms with Crippen LogP contribution in [0.3, 0.4) is 0 Å². The molecule has 2 unspecified atom stereocenters. The second-order valence-electron chi connectivity index (χ2n) is 6.00. The highest BCUT2D eigenvalue weighted by Crippen LogP contribution is 2.16. The Labute approximate surface area is 116 Å². The predicted octanol–water partition coefficient (Wildman–Crippen LogP) is 2.69. The molecule has 0 spiro atoms. The number of halogens is 1. The summed E-state index contributed by atoms with van der Waals surface area (Å²) in [7, 11) is 0. The average Bonchev–Trinajstić information content (AvgIpc) is 2.36. The summed E-state index contributed by atoms with van der Waals surface area (Å²) in [4.78, 5) is 2.55. The Morgan fingerprint density at radius 2 is 2.21 bits per heavy atom. The molecule has 1 saturated heterocycles. The molecule has 1 aromatic rings. The quantitative estimate of drug-likeness (QED) is 0.899. The molecule has 2 atom stereocenters. The molecule has 0 aliphatic carbocycles. The molecular formula is C16H25FN2. The van der Waals surface area contributed by atoms with Crippen molar-refractivity contribution < 1.29 is 4.39 Å². The molecule has 1 aliphatic rings. The van der Waals surface area contributed by atoms with Gasteiger partial charge in [-0.05, 0) is 37.0 Å². The predicted molar refractivity (Wildman–Crippen MR) is 77.8 cm³/mol. The highest BCUT2D eigenvalue weighted by Gasteiger charge is 2.27. The van der Waals surface area contributed by atoms with Crippen molar-refractivity contribution in [2.24, 2.45) is 5.92 Å². The second kappa shape index (κ2) is 6.49. The standard InChI is InChI=1S/C16H25FN2/c1-12(2)16-10-18-13(3)11-19(16)8-7-14-5-4-6-15(17)9-14/h4-6,9,12-13,16,18H,7-8,10-11H2,1-3H3. The number of hydrogen-bond donors (Lipinski definition) is 1. The van der Waals surface area contributed by atoms with Crippen molar-refractivity contribution >= 4 is 0 Å². The molecule has 0 radical (unpaired) electrons. The number of nitrogens with zero attached hydrogens (tertiary/aromatic N) is 1.